The summed E-state index contributed by atoms with van der Waals surface area (Å²) in [5, 5.41) is 8.34. The smallest absolute Gasteiger partial charge is 0.387 e. The molecule has 1 fully saturated rings. The summed E-state index contributed by atoms with van der Waals surface area (Å²) in [6, 6.07) is 5.63. The van der Waals surface area contributed by atoms with Crippen LogP contribution in [0, 0.1) is 0 Å². The number of carbonyl (C=O) groups excluding carboxylic acids is 2. The molecule has 1 aromatic carbocycles. The second-order valence-electron chi connectivity index (χ2n) is 6.37. The number of alkyl halides is 2. The first kappa shape index (κ1) is 19.9. The zero-order valence-corrected chi connectivity index (χ0v) is 14.8. The van der Waals surface area contributed by atoms with E-state index in [1.54, 1.807) is 19.1 Å². The number of halogens is 2. The van der Waals surface area contributed by atoms with Crippen molar-refractivity contribution in [3.05, 3.63) is 29.8 Å². The van der Waals surface area contributed by atoms with Gasteiger partial charge in [0.25, 0.3) is 0 Å². The molecule has 144 valence electrons. The molecule has 1 aliphatic rings. The minimum Gasteiger partial charge on any atom is -0.435 e. The minimum atomic E-state index is -2.87. The van der Waals surface area contributed by atoms with Gasteiger partial charge in [-0.2, -0.15) is 8.78 Å². The Morgan fingerprint density at radius 3 is 2.46 bits per heavy atom. The molecule has 8 heteroatoms. The highest BCUT2D eigenvalue weighted by molar-refractivity contribution is 5.78. The molecule has 0 spiro atoms. The van der Waals surface area contributed by atoms with Crippen molar-refractivity contribution >= 4 is 11.9 Å². The predicted octanol–water partition coefficient (Wildman–Crippen LogP) is 3.10. The van der Waals surface area contributed by atoms with Crippen molar-refractivity contribution in [2.24, 2.45) is 0 Å². The number of hydrogen-bond acceptors (Lipinski definition) is 3. The molecule has 1 atom stereocenters. The highest BCUT2D eigenvalue weighted by Gasteiger charge is 2.17. The summed E-state index contributed by atoms with van der Waals surface area (Å²) in [4.78, 5) is 23.7. The van der Waals surface area contributed by atoms with Crippen LogP contribution in [0.25, 0.3) is 0 Å². The van der Waals surface area contributed by atoms with Crippen LogP contribution in [0.3, 0.4) is 0 Å². The van der Waals surface area contributed by atoms with E-state index in [1.807, 2.05) is 0 Å². The van der Waals surface area contributed by atoms with Gasteiger partial charge >= 0.3 is 12.6 Å². The molecule has 3 amide bonds. The Balaban J connectivity index is 1.67. The van der Waals surface area contributed by atoms with Crippen LogP contribution in [0.15, 0.2) is 24.3 Å². The fourth-order valence-electron chi connectivity index (χ4n) is 2.93. The third-order valence-corrected chi connectivity index (χ3v) is 4.31. The van der Waals surface area contributed by atoms with Gasteiger partial charge in [0.2, 0.25) is 5.91 Å². The van der Waals surface area contributed by atoms with Crippen LogP contribution in [-0.2, 0) is 4.79 Å². The fourth-order valence-corrected chi connectivity index (χ4v) is 2.93. The summed E-state index contributed by atoms with van der Waals surface area (Å²) in [7, 11) is 0. The van der Waals surface area contributed by atoms with E-state index < -0.39 is 6.61 Å². The van der Waals surface area contributed by atoms with E-state index in [1.165, 1.54) is 12.1 Å². The van der Waals surface area contributed by atoms with Crippen molar-refractivity contribution in [3.63, 3.8) is 0 Å². The molecule has 3 N–H and O–H groups in total. The topological polar surface area (TPSA) is 79.5 Å². The average Bonchev–Trinajstić information content (AvgIpc) is 3.07. The number of urea groups is 1. The molecule has 1 aromatic rings. The van der Waals surface area contributed by atoms with Crippen LogP contribution < -0.4 is 20.7 Å². The number of amides is 3. The Kier molecular flexibility index (Phi) is 7.62. The minimum absolute atomic E-state index is 0.0557. The van der Waals surface area contributed by atoms with Crippen molar-refractivity contribution in [1.29, 1.82) is 0 Å². The number of ether oxygens (including phenoxy) is 1. The summed E-state index contributed by atoms with van der Waals surface area (Å²) in [5.41, 5.74) is 0.751. The van der Waals surface area contributed by atoms with Crippen LogP contribution in [0.1, 0.15) is 50.6 Å². The Bertz CT molecular complexity index is 590. The second-order valence-corrected chi connectivity index (χ2v) is 6.37. The largest absolute Gasteiger partial charge is 0.435 e. The maximum absolute atomic E-state index is 12.1. The molecule has 0 aromatic heterocycles. The Morgan fingerprint density at radius 1 is 1.19 bits per heavy atom. The Hall–Kier alpha value is -2.38. The van der Waals surface area contributed by atoms with Crippen LogP contribution in [0.5, 0.6) is 5.75 Å². The van der Waals surface area contributed by atoms with Gasteiger partial charge in [-0.05, 0) is 37.5 Å². The van der Waals surface area contributed by atoms with E-state index in [2.05, 4.69) is 20.7 Å². The van der Waals surface area contributed by atoms with E-state index >= 15 is 0 Å². The quantitative estimate of drug-likeness (QED) is 0.659. The summed E-state index contributed by atoms with van der Waals surface area (Å²) >= 11 is 0. The lowest BCUT2D eigenvalue weighted by Crippen LogP contribution is -2.40. The van der Waals surface area contributed by atoms with Gasteiger partial charge < -0.3 is 20.7 Å². The lowest BCUT2D eigenvalue weighted by atomic mass is 10.1. The van der Waals surface area contributed by atoms with Gasteiger partial charge in [-0.1, -0.05) is 25.0 Å². The Morgan fingerprint density at radius 2 is 1.85 bits per heavy atom. The molecule has 0 heterocycles. The van der Waals surface area contributed by atoms with Gasteiger partial charge in [-0.3, -0.25) is 4.79 Å². The summed E-state index contributed by atoms with van der Waals surface area (Å²) in [6.45, 7) is -0.846. The van der Waals surface area contributed by atoms with Crippen LogP contribution in [-0.4, -0.2) is 31.1 Å². The lowest BCUT2D eigenvalue weighted by Gasteiger charge is -2.16. The molecule has 1 aliphatic carbocycles. The standard InChI is InChI=1S/C18H25F2N3O3/c1-12(13-6-8-15(9-7-13)26-17(19)20)22-18(25)21-11-10-16(24)23-14-4-2-3-5-14/h6-9,12,14,17H,2-5,10-11H2,1H3,(H,23,24)(H2,21,22,25). The first-order chi connectivity index (χ1) is 12.4. The summed E-state index contributed by atoms with van der Waals surface area (Å²) in [5.74, 6) is 0.00791. The average molecular weight is 369 g/mol. The molecular weight excluding hydrogens is 344 g/mol. The number of carbonyl (C=O) groups is 2. The number of rotatable bonds is 8. The number of hydrogen-bond donors (Lipinski definition) is 3. The van der Waals surface area contributed by atoms with Crippen LogP contribution in [0.2, 0.25) is 0 Å². The Labute approximate surface area is 151 Å². The zero-order valence-electron chi connectivity index (χ0n) is 14.8. The highest BCUT2D eigenvalue weighted by atomic mass is 19.3. The van der Waals surface area contributed by atoms with E-state index in [0.717, 1.165) is 31.2 Å². The fraction of sp³-hybridized carbons (Fsp3) is 0.556. The SMILES string of the molecule is CC(NC(=O)NCCC(=O)NC1CCCC1)c1ccc(OC(F)F)cc1. The number of benzene rings is 1. The lowest BCUT2D eigenvalue weighted by molar-refractivity contribution is -0.121. The first-order valence-electron chi connectivity index (χ1n) is 8.82. The van der Waals surface area contributed by atoms with E-state index in [-0.39, 0.29) is 42.7 Å². The van der Waals surface area contributed by atoms with Crippen LogP contribution >= 0.6 is 0 Å². The maximum atomic E-state index is 12.1. The van der Waals surface area contributed by atoms with Crippen LogP contribution in [0.4, 0.5) is 13.6 Å². The van der Waals surface area contributed by atoms with Crippen molar-refractivity contribution in [3.8, 4) is 5.75 Å². The van der Waals surface area contributed by atoms with Gasteiger partial charge in [-0.15, -0.1) is 0 Å². The molecule has 26 heavy (non-hydrogen) atoms. The number of nitrogens with one attached hydrogen (secondary N) is 3. The molecule has 6 nitrogen and oxygen atoms in total. The van der Waals surface area contributed by atoms with E-state index in [9.17, 15) is 18.4 Å². The molecule has 0 aliphatic heterocycles. The maximum Gasteiger partial charge on any atom is 0.387 e. The van der Waals surface area contributed by atoms with Gasteiger partial charge in [0.1, 0.15) is 5.75 Å². The van der Waals surface area contributed by atoms with Gasteiger partial charge in [0.05, 0.1) is 6.04 Å². The van der Waals surface area contributed by atoms with Gasteiger partial charge in [0.15, 0.2) is 0 Å². The molecular formula is C18H25F2N3O3. The van der Waals surface area contributed by atoms with Crippen molar-refractivity contribution in [1.82, 2.24) is 16.0 Å². The second kappa shape index (κ2) is 9.94. The van der Waals surface area contributed by atoms with Gasteiger partial charge in [-0.25, -0.2) is 4.79 Å². The summed E-state index contributed by atoms with van der Waals surface area (Å²) < 4.78 is 28.5. The molecule has 2 rings (SSSR count). The molecule has 0 radical (unpaired) electrons. The molecule has 1 unspecified atom stereocenters. The van der Waals surface area contributed by atoms with Gasteiger partial charge in [0, 0.05) is 19.0 Å². The predicted molar refractivity (Wildman–Crippen MR) is 93.0 cm³/mol. The normalized spacial score (nSPS) is 15.5. The van der Waals surface area contributed by atoms with Crippen molar-refractivity contribution < 1.29 is 23.1 Å². The van der Waals surface area contributed by atoms with E-state index in [4.69, 9.17) is 0 Å². The van der Waals surface area contributed by atoms with Crippen molar-refractivity contribution in [2.75, 3.05) is 6.54 Å². The molecule has 0 saturated heterocycles. The summed E-state index contributed by atoms with van der Waals surface area (Å²) in [6.07, 6.45) is 4.59. The van der Waals surface area contributed by atoms with E-state index in [0.29, 0.717) is 0 Å². The third-order valence-electron chi connectivity index (χ3n) is 4.31. The molecule has 0 bridgehead atoms. The first-order valence-corrected chi connectivity index (χ1v) is 8.82. The third kappa shape index (κ3) is 6.85. The highest BCUT2D eigenvalue weighted by Crippen LogP contribution is 2.19. The zero-order chi connectivity index (χ0) is 18.9. The van der Waals surface area contributed by atoms with Crippen molar-refractivity contribution in [2.45, 2.75) is 57.7 Å². The molecule has 1 saturated carbocycles. The monoisotopic (exact) mass is 369 g/mol.